The number of aliphatic hydroxyl groups excluding tert-OH is 2. The average molecular weight is 364 g/mol. The van der Waals surface area contributed by atoms with Crippen LogP contribution in [0.15, 0.2) is 0 Å². The lowest BCUT2D eigenvalue weighted by Crippen LogP contribution is -2.55. The Kier molecular flexibility index (Phi) is 5.20. The summed E-state index contributed by atoms with van der Waals surface area (Å²) in [6, 6.07) is 0.622. The molecule has 0 aromatic heterocycles. The van der Waals surface area contributed by atoms with Gasteiger partial charge < -0.3 is 15.5 Å². The quantitative estimate of drug-likeness (QED) is 0.708. The van der Waals surface area contributed by atoms with Crippen molar-refractivity contribution < 1.29 is 10.2 Å². The minimum absolute atomic E-state index is 0.137. The Hall–Kier alpha value is -0.120. The molecule has 0 aromatic carbocycles. The van der Waals surface area contributed by atoms with E-state index in [1.54, 1.807) is 0 Å². The van der Waals surface area contributed by atoms with Crippen molar-refractivity contribution in [2.75, 3.05) is 13.2 Å². The van der Waals surface area contributed by atoms with Gasteiger partial charge in [0.15, 0.2) is 0 Å². The number of hydrogen-bond donors (Lipinski definition) is 3. The van der Waals surface area contributed by atoms with Gasteiger partial charge in [0.25, 0.3) is 0 Å². The summed E-state index contributed by atoms with van der Waals surface area (Å²) in [5, 5.41) is 23.1. The van der Waals surface area contributed by atoms with E-state index < -0.39 is 0 Å². The standard InChI is InChI=1S/C23H41NO2/c1-15(26)19-6-7-20-18-5-4-16-14-17(24-12-13-25)8-10-22(16,2)21(18)9-11-23(19,20)3/h15-21,24-26H,4-14H2,1-3H3/t15-,16?,17?,18-,19+,20-,21-,22-,23+/m0/s1. The predicted molar refractivity (Wildman–Crippen MR) is 106 cm³/mol. The molecule has 26 heavy (non-hydrogen) atoms. The molecule has 0 aromatic rings. The molecule has 0 saturated heterocycles. The summed E-state index contributed by atoms with van der Waals surface area (Å²) >= 11 is 0. The highest BCUT2D eigenvalue weighted by Gasteiger charge is 2.60. The second-order valence-corrected chi connectivity index (χ2v) is 10.8. The van der Waals surface area contributed by atoms with Gasteiger partial charge in [-0.2, -0.15) is 0 Å². The number of fused-ring (bicyclic) bond motifs is 5. The van der Waals surface area contributed by atoms with Crippen molar-refractivity contribution in [2.24, 2.45) is 40.4 Å². The molecule has 3 N–H and O–H groups in total. The largest absolute Gasteiger partial charge is 0.395 e. The van der Waals surface area contributed by atoms with Crippen molar-refractivity contribution in [3.63, 3.8) is 0 Å². The zero-order valence-electron chi connectivity index (χ0n) is 17.2. The maximum atomic E-state index is 10.4. The molecule has 4 aliphatic rings. The van der Waals surface area contributed by atoms with Crippen LogP contribution < -0.4 is 5.32 Å². The molecule has 3 nitrogen and oxygen atoms in total. The fourth-order valence-electron chi connectivity index (χ4n) is 8.55. The predicted octanol–water partition coefficient (Wildman–Crippen LogP) is 3.98. The van der Waals surface area contributed by atoms with Crippen LogP contribution in [-0.4, -0.2) is 35.5 Å². The molecule has 4 rings (SSSR count). The van der Waals surface area contributed by atoms with Crippen molar-refractivity contribution in [3.05, 3.63) is 0 Å². The topological polar surface area (TPSA) is 52.5 Å². The van der Waals surface area contributed by atoms with Crippen molar-refractivity contribution in [1.82, 2.24) is 5.32 Å². The van der Waals surface area contributed by atoms with Gasteiger partial charge in [0.2, 0.25) is 0 Å². The zero-order chi connectivity index (χ0) is 18.5. The van der Waals surface area contributed by atoms with E-state index in [4.69, 9.17) is 5.11 Å². The molecule has 3 heteroatoms. The smallest absolute Gasteiger partial charge is 0.0556 e. The molecule has 150 valence electrons. The molecule has 9 atom stereocenters. The van der Waals surface area contributed by atoms with Crippen LogP contribution in [0.4, 0.5) is 0 Å². The van der Waals surface area contributed by atoms with E-state index in [9.17, 15) is 5.11 Å². The van der Waals surface area contributed by atoms with Crippen LogP contribution in [0.5, 0.6) is 0 Å². The molecule has 4 aliphatic carbocycles. The van der Waals surface area contributed by atoms with Crippen molar-refractivity contribution in [3.8, 4) is 0 Å². The van der Waals surface area contributed by atoms with E-state index in [2.05, 4.69) is 19.2 Å². The Bertz CT molecular complexity index is 508. The first-order valence-electron chi connectivity index (χ1n) is 11.4. The summed E-state index contributed by atoms with van der Waals surface area (Å²) < 4.78 is 0. The molecule has 0 amide bonds. The molecule has 0 aliphatic heterocycles. The number of hydrogen-bond acceptors (Lipinski definition) is 3. The minimum atomic E-state index is -0.137. The van der Waals surface area contributed by atoms with E-state index in [-0.39, 0.29) is 12.7 Å². The summed E-state index contributed by atoms with van der Waals surface area (Å²) in [6.45, 7) is 8.18. The van der Waals surface area contributed by atoms with Crippen LogP contribution in [0.2, 0.25) is 0 Å². The maximum absolute atomic E-state index is 10.4. The lowest BCUT2D eigenvalue weighted by Gasteiger charge is -2.61. The Labute approximate surface area is 160 Å². The molecular weight excluding hydrogens is 322 g/mol. The first kappa shape index (κ1) is 19.2. The highest BCUT2D eigenvalue weighted by Crippen LogP contribution is 2.67. The molecule has 0 spiro atoms. The van der Waals surface area contributed by atoms with Crippen LogP contribution in [0, 0.1) is 40.4 Å². The lowest BCUT2D eigenvalue weighted by atomic mass is 9.44. The third-order valence-corrected chi connectivity index (χ3v) is 9.87. The summed E-state index contributed by atoms with van der Waals surface area (Å²) in [6.07, 6.45) is 12.0. The molecular formula is C23H41NO2. The first-order chi connectivity index (χ1) is 12.4. The summed E-state index contributed by atoms with van der Waals surface area (Å²) in [4.78, 5) is 0. The Morgan fingerprint density at radius 2 is 1.69 bits per heavy atom. The van der Waals surface area contributed by atoms with Crippen LogP contribution in [0.3, 0.4) is 0 Å². The van der Waals surface area contributed by atoms with Gasteiger partial charge >= 0.3 is 0 Å². The van der Waals surface area contributed by atoms with Gasteiger partial charge in [0.05, 0.1) is 12.7 Å². The molecule has 0 radical (unpaired) electrons. The molecule has 4 saturated carbocycles. The van der Waals surface area contributed by atoms with Crippen LogP contribution in [0.1, 0.15) is 78.6 Å². The summed E-state index contributed by atoms with van der Waals surface area (Å²) in [7, 11) is 0. The number of aliphatic hydroxyl groups is 2. The average Bonchev–Trinajstić information content (AvgIpc) is 2.97. The molecule has 0 bridgehead atoms. The second-order valence-electron chi connectivity index (χ2n) is 10.8. The second kappa shape index (κ2) is 7.04. The van der Waals surface area contributed by atoms with Crippen molar-refractivity contribution in [1.29, 1.82) is 0 Å². The van der Waals surface area contributed by atoms with Gasteiger partial charge in [0, 0.05) is 12.6 Å². The molecule has 4 fully saturated rings. The normalized spacial score (nSPS) is 52.0. The monoisotopic (exact) mass is 363 g/mol. The maximum Gasteiger partial charge on any atom is 0.0556 e. The Morgan fingerprint density at radius 3 is 2.42 bits per heavy atom. The van der Waals surface area contributed by atoms with E-state index in [0.717, 1.165) is 30.2 Å². The highest BCUT2D eigenvalue weighted by molar-refractivity contribution is 5.10. The van der Waals surface area contributed by atoms with Gasteiger partial charge in [-0.3, -0.25) is 0 Å². The number of rotatable bonds is 4. The van der Waals surface area contributed by atoms with Gasteiger partial charge in [-0.15, -0.1) is 0 Å². The molecule has 2 unspecified atom stereocenters. The van der Waals surface area contributed by atoms with Gasteiger partial charge in [0.1, 0.15) is 0 Å². The van der Waals surface area contributed by atoms with Gasteiger partial charge in [-0.05, 0) is 105 Å². The third-order valence-electron chi connectivity index (χ3n) is 9.87. The van der Waals surface area contributed by atoms with E-state index >= 15 is 0 Å². The van der Waals surface area contributed by atoms with Crippen LogP contribution >= 0.6 is 0 Å². The fraction of sp³-hybridized carbons (Fsp3) is 1.00. The highest BCUT2D eigenvalue weighted by atomic mass is 16.3. The Morgan fingerprint density at radius 1 is 0.962 bits per heavy atom. The van der Waals surface area contributed by atoms with E-state index in [1.165, 1.54) is 57.8 Å². The zero-order valence-corrected chi connectivity index (χ0v) is 17.2. The third kappa shape index (κ3) is 2.88. The fourth-order valence-corrected chi connectivity index (χ4v) is 8.55. The molecule has 0 heterocycles. The number of nitrogens with one attached hydrogen (secondary N) is 1. The Balaban J connectivity index is 1.50. The van der Waals surface area contributed by atoms with E-state index in [1.807, 2.05) is 6.92 Å². The van der Waals surface area contributed by atoms with Crippen molar-refractivity contribution >= 4 is 0 Å². The van der Waals surface area contributed by atoms with Crippen LogP contribution in [-0.2, 0) is 0 Å². The lowest BCUT2D eigenvalue weighted by molar-refractivity contribution is -0.121. The van der Waals surface area contributed by atoms with E-state index in [0.29, 0.717) is 22.8 Å². The summed E-state index contributed by atoms with van der Waals surface area (Å²) in [5.74, 6) is 4.06. The van der Waals surface area contributed by atoms with Crippen molar-refractivity contribution in [2.45, 2.75) is 90.7 Å². The van der Waals surface area contributed by atoms with Gasteiger partial charge in [-0.25, -0.2) is 0 Å². The summed E-state index contributed by atoms with van der Waals surface area (Å²) in [5.41, 5.74) is 0.920. The van der Waals surface area contributed by atoms with Gasteiger partial charge in [-0.1, -0.05) is 13.8 Å². The minimum Gasteiger partial charge on any atom is -0.395 e. The van der Waals surface area contributed by atoms with Crippen LogP contribution in [0.25, 0.3) is 0 Å². The SMILES string of the molecule is C[C@H](O)[C@H]1CC[C@H]2[C@@H]3CCC4CC(NCCO)CC[C@]4(C)[C@H]3CC[C@]12C. The first-order valence-corrected chi connectivity index (χ1v) is 11.4.